The maximum atomic E-state index is 12.8. The molecule has 0 fully saturated rings. The Labute approximate surface area is 157 Å². The molecule has 8 heteroatoms. The fourth-order valence-corrected chi connectivity index (χ4v) is 5.71. The summed E-state index contributed by atoms with van der Waals surface area (Å²) in [4.78, 5) is 31.5. The van der Waals surface area contributed by atoms with Crippen molar-refractivity contribution in [3.05, 3.63) is 47.5 Å². The number of H-pyrrole nitrogens is 1. The number of amides is 1. The summed E-state index contributed by atoms with van der Waals surface area (Å²) in [5.74, 6) is 0.378. The molecule has 1 amide bonds. The molecule has 1 unspecified atom stereocenters. The van der Waals surface area contributed by atoms with Crippen LogP contribution in [0.2, 0.25) is 0 Å². The molecule has 25 heavy (non-hydrogen) atoms. The van der Waals surface area contributed by atoms with Gasteiger partial charge in [-0.15, -0.1) is 22.7 Å². The van der Waals surface area contributed by atoms with Gasteiger partial charge in [-0.25, -0.2) is 0 Å². The van der Waals surface area contributed by atoms with Crippen molar-refractivity contribution in [2.45, 2.75) is 33.1 Å². The van der Waals surface area contributed by atoms with E-state index in [2.05, 4.69) is 17.3 Å². The zero-order chi connectivity index (χ0) is 17.7. The molecule has 3 aromatic heterocycles. The first-order valence-corrected chi connectivity index (χ1v) is 10.2. The van der Waals surface area contributed by atoms with Gasteiger partial charge in [-0.2, -0.15) is 4.68 Å². The van der Waals surface area contributed by atoms with E-state index in [0.29, 0.717) is 16.9 Å². The van der Waals surface area contributed by atoms with Crippen molar-refractivity contribution in [2.75, 3.05) is 5.43 Å². The van der Waals surface area contributed by atoms with Gasteiger partial charge in [0, 0.05) is 15.1 Å². The van der Waals surface area contributed by atoms with Gasteiger partial charge < -0.3 is 4.98 Å². The largest absolute Gasteiger partial charge is 0.322 e. The van der Waals surface area contributed by atoms with Gasteiger partial charge in [0.1, 0.15) is 4.83 Å². The van der Waals surface area contributed by atoms with E-state index < -0.39 is 0 Å². The molecule has 5 nitrogen and oxygen atoms in total. The van der Waals surface area contributed by atoms with Crippen molar-refractivity contribution in [3.8, 4) is 0 Å². The summed E-state index contributed by atoms with van der Waals surface area (Å²) in [7, 11) is 0. The number of carbonyl (C=O) groups is 1. The Morgan fingerprint density at radius 1 is 1.48 bits per heavy atom. The molecule has 0 aliphatic heterocycles. The first-order valence-electron chi connectivity index (χ1n) is 8.10. The molecule has 1 aliphatic carbocycles. The van der Waals surface area contributed by atoms with E-state index in [1.54, 1.807) is 11.3 Å². The van der Waals surface area contributed by atoms with Gasteiger partial charge in [0.25, 0.3) is 11.5 Å². The van der Waals surface area contributed by atoms with E-state index >= 15 is 0 Å². The van der Waals surface area contributed by atoms with Gasteiger partial charge in [-0.3, -0.25) is 15.0 Å². The van der Waals surface area contributed by atoms with Crippen LogP contribution in [-0.2, 0) is 12.8 Å². The van der Waals surface area contributed by atoms with Gasteiger partial charge in [0.05, 0.1) is 10.9 Å². The van der Waals surface area contributed by atoms with Gasteiger partial charge in [0.15, 0.2) is 0 Å². The Kier molecular flexibility index (Phi) is 4.13. The summed E-state index contributed by atoms with van der Waals surface area (Å²) in [5, 5.41) is 2.43. The number of rotatable bonds is 2. The van der Waals surface area contributed by atoms with Crippen LogP contribution in [0.15, 0.2) is 16.2 Å². The summed E-state index contributed by atoms with van der Waals surface area (Å²) in [6.45, 7) is 4.17. The highest BCUT2D eigenvalue weighted by Crippen LogP contribution is 2.32. The van der Waals surface area contributed by atoms with E-state index in [1.807, 2.05) is 18.4 Å². The van der Waals surface area contributed by atoms with E-state index in [4.69, 9.17) is 12.2 Å². The second kappa shape index (κ2) is 6.19. The molecule has 3 aromatic rings. The normalized spacial score (nSPS) is 16.8. The topological polar surface area (TPSA) is 66.9 Å². The van der Waals surface area contributed by atoms with Crippen LogP contribution >= 0.6 is 34.9 Å². The lowest BCUT2D eigenvalue weighted by molar-refractivity contribution is 0.101. The molecule has 0 saturated heterocycles. The van der Waals surface area contributed by atoms with Gasteiger partial charge in [-0.05, 0) is 56.0 Å². The Morgan fingerprint density at radius 3 is 3.08 bits per heavy atom. The highest BCUT2D eigenvalue weighted by molar-refractivity contribution is 7.71. The first kappa shape index (κ1) is 16.7. The molecule has 0 spiro atoms. The third-order valence-electron chi connectivity index (χ3n) is 4.57. The fraction of sp³-hybridized carbons (Fsp3) is 0.353. The number of aromatic nitrogens is 2. The number of fused-ring (bicyclic) bond motifs is 2. The number of nitrogens with zero attached hydrogens (tertiary/aromatic N) is 1. The standard InChI is InChI=1S/C17H17N3O2S3/c1-8-3-4-10-12(7-24-13(10)5-8)14(21)19-20-16(22)11-6-9(2)25-15(11)18-17(20)23/h6-8H,3-5H2,1-2H3,(H,18,23)(H,19,21). The minimum absolute atomic E-state index is 0.199. The smallest absolute Gasteiger partial charge is 0.282 e. The number of nitrogens with one attached hydrogen (secondary N) is 2. The second-order valence-corrected chi connectivity index (χ2v) is 9.12. The van der Waals surface area contributed by atoms with Crippen LogP contribution in [0.5, 0.6) is 0 Å². The second-order valence-electron chi connectivity index (χ2n) is 6.51. The van der Waals surface area contributed by atoms with Crippen LogP contribution in [0.3, 0.4) is 0 Å². The fourth-order valence-electron chi connectivity index (χ4n) is 3.26. The molecule has 0 radical (unpaired) electrons. The predicted molar refractivity (Wildman–Crippen MR) is 105 cm³/mol. The molecule has 2 N–H and O–H groups in total. The van der Waals surface area contributed by atoms with E-state index in [1.165, 1.54) is 16.2 Å². The minimum atomic E-state index is -0.297. The van der Waals surface area contributed by atoms with Crippen molar-refractivity contribution in [1.29, 1.82) is 0 Å². The summed E-state index contributed by atoms with van der Waals surface area (Å²) < 4.78 is 1.34. The molecule has 0 bridgehead atoms. The van der Waals surface area contributed by atoms with Crippen LogP contribution in [0.1, 0.15) is 39.0 Å². The lowest BCUT2D eigenvalue weighted by atomic mass is 9.88. The molecule has 0 aromatic carbocycles. The highest BCUT2D eigenvalue weighted by Gasteiger charge is 2.23. The lowest BCUT2D eigenvalue weighted by Gasteiger charge is -2.19. The number of hydrogen-bond donors (Lipinski definition) is 2. The SMILES string of the molecule is Cc1cc2c(=O)n(NC(=O)c3csc4c3CCC(C)C4)c(=S)[nH]c2s1. The quantitative estimate of drug-likeness (QED) is 0.649. The predicted octanol–water partition coefficient (Wildman–Crippen LogP) is 4.00. The molecule has 1 aliphatic rings. The number of aromatic amines is 1. The Balaban J connectivity index is 1.71. The highest BCUT2D eigenvalue weighted by atomic mass is 32.1. The Morgan fingerprint density at radius 2 is 2.28 bits per heavy atom. The van der Waals surface area contributed by atoms with Crippen LogP contribution in [0.4, 0.5) is 0 Å². The summed E-state index contributed by atoms with van der Waals surface area (Å²) >= 11 is 8.37. The summed E-state index contributed by atoms with van der Waals surface area (Å²) in [6.07, 6.45) is 3.02. The van der Waals surface area contributed by atoms with Crippen LogP contribution in [-0.4, -0.2) is 15.6 Å². The molecule has 3 heterocycles. The zero-order valence-corrected chi connectivity index (χ0v) is 16.3. The van der Waals surface area contributed by atoms with Crippen LogP contribution in [0.25, 0.3) is 10.2 Å². The van der Waals surface area contributed by atoms with Gasteiger partial charge in [-0.1, -0.05) is 6.92 Å². The van der Waals surface area contributed by atoms with Crippen molar-refractivity contribution in [1.82, 2.24) is 9.66 Å². The summed E-state index contributed by atoms with van der Waals surface area (Å²) in [5.41, 5.74) is 4.17. The van der Waals surface area contributed by atoms with Gasteiger partial charge in [0.2, 0.25) is 4.77 Å². The molecule has 4 rings (SSSR count). The molecule has 0 saturated carbocycles. The van der Waals surface area contributed by atoms with Crippen LogP contribution in [0, 0.1) is 17.6 Å². The van der Waals surface area contributed by atoms with Gasteiger partial charge >= 0.3 is 0 Å². The monoisotopic (exact) mass is 391 g/mol. The molecular formula is C17H17N3O2S3. The number of aryl methyl sites for hydroxylation is 1. The average Bonchev–Trinajstić information content (AvgIpc) is 3.13. The maximum absolute atomic E-state index is 12.8. The third kappa shape index (κ3) is 2.88. The lowest BCUT2D eigenvalue weighted by Crippen LogP contribution is -2.34. The average molecular weight is 392 g/mol. The zero-order valence-electron chi connectivity index (χ0n) is 13.8. The number of thiophene rings is 2. The Bertz CT molecular complexity index is 1100. The molecular weight excluding hydrogens is 374 g/mol. The van der Waals surface area contributed by atoms with E-state index in [-0.39, 0.29) is 16.2 Å². The minimum Gasteiger partial charge on any atom is -0.322 e. The summed E-state index contributed by atoms with van der Waals surface area (Å²) in [6, 6.07) is 1.81. The first-order chi connectivity index (χ1) is 11.9. The number of hydrogen-bond acceptors (Lipinski definition) is 5. The van der Waals surface area contributed by atoms with Crippen molar-refractivity contribution >= 4 is 51.0 Å². The third-order valence-corrected chi connectivity index (χ3v) is 6.87. The van der Waals surface area contributed by atoms with Crippen molar-refractivity contribution in [3.63, 3.8) is 0 Å². The molecule has 130 valence electrons. The maximum Gasteiger partial charge on any atom is 0.282 e. The van der Waals surface area contributed by atoms with Crippen molar-refractivity contribution < 1.29 is 4.79 Å². The molecule has 1 atom stereocenters. The van der Waals surface area contributed by atoms with Crippen LogP contribution < -0.4 is 11.0 Å². The number of carbonyl (C=O) groups excluding carboxylic acids is 1. The van der Waals surface area contributed by atoms with E-state index in [0.717, 1.165) is 39.2 Å². The Hall–Kier alpha value is -1.77. The van der Waals surface area contributed by atoms with E-state index in [9.17, 15) is 9.59 Å². The van der Waals surface area contributed by atoms with Crippen molar-refractivity contribution in [2.24, 2.45) is 5.92 Å².